The van der Waals surface area contributed by atoms with Gasteiger partial charge >= 0.3 is 0 Å². The molecule has 2 aromatic rings. The van der Waals surface area contributed by atoms with Crippen LogP contribution in [-0.2, 0) is 0 Å². The lowest BCUT2D eigenvalue weighted by atomic mass is 10.1. The number of nitriles is 2. The summed E-state index contributed by atoms with van der Waals surface area (Å²) in [6, 6.07) is 8.90. The summed E-state index contributed by atoms with van der Waals surface area (Å²) in [5.74, 6) is 1.99. The number of nitrogens with zero attached hydrogens (tertiary/aromatic N) is 5. The number of oxazole rings is 1. The van der Waals surface area contributed by atoms with E-state index in [2.05, 4.69) is 39.2 Å². The van der Waals surface area contributed by atoms with E-state index in [9.17, 15) is 5.26 Å². The highest BCUT2D eigenvalue weighted by atomic mass is 35.5. The van der Waals surface area contributed by atoms with Gasteiger partial charge in [0.05, 0.1) is 33.8 Å². The summed E-state index contributed by atoms with van der Waals surface area (Å²) in [6.07, 6.45) is 4.26. The third-order valence-corrected chi connectivity index (χ3v) is 4.53. The van der Waals surface area contributed by atoms with Gasteiger partial charge in [0.2, 0.25) is 5.89 Å². The van der Waals surface area contributed by atoms with E-state index in [0.717, 1.165) is 10.1 Å². The van der Waals surface area contributed by atoms with Crippen molar-refractivity contribution in [2.45, 2.75) is 12.8 Å². The summed E-state index contributed by atoms with van der Waals surface area (Å²) in [5.41, 5.74) is 2.72. The molecule has 1 aromatic carbocycles. The van der Waals surface area contributed by atoms with E-state index in [-0.39, 0.29) is 17.0 Å². The Balaban J connectivity index is 0.000000614. The van der Waals surface area contributed by atoms with Crippen molar-refractivity contribution in [1.82, 2.24) is 4.98 Å². The first kappa shape index (κ1) is 24.2. The minimum Gasteiger partial charge on any atom is -0.762 e. The second-order valence-electron chi connectivity index (χ2n) is 8.13. The number of fused-ring (bicyclic) bond motifs is 1. The van der Waals surface area contributed by atoms with Crippen LogP contribution in [0.5, 0.6) is 0 Å². The van der Waals surface area contributed by atoms with E-state index in [1.54, 1.807) is 36.2 Å². The fraction of sp³-hybridized carbons (Fsp3) is 0.261. The van der Waals surface area contributed by atoms with Gasteiger partial charge < -0.3 is 14.3 Å². The molecule has 0 aliphatic heterocycles. The van der Waals surface area contributed by atoms with Crippen LogP contribution in [0.3, 0.4) is 0 Å². The Morgan fingerprint density at radius 3 is 2.42 bits per heavy atom. The van der Waals surface area contributed by atoms with Crippen LogP contribution in [0.25, 0.3) is 22.1 Å². The normalized spacial score (nSPS) is 15.2. The molecule has 0 saturated heterocycles. The van der Waals surface area contributed by atoms with Crippen molar-refractivity contribution in [3.63, 3.8) is 0 Å². The van der Waals surface area contributed by atoms with Gasteiger partial charge in [0, 0.05) is 10.1 Å². The van der Waals surface area contributed by atoms with E-state index >= 15 is 0 Å². The lowest BCUT2D eigenvalue weighted by Gasteiger charge is -2.14. The summed E-state index contributed by atoms with van der Waals surface area (Å²) in [5, 5.41) is 28.2. The Labute approximate surface area is 191 Å². The van der Waals surface area contributed by atoms with Crippen LogP contribution < -0.4 is 0 Å². The molecule has 1 aliphatic carbocycles. The van der Waals surface area contributed by atoms with E-state index in [0.29, 0.717) is 39.6 Å². The highest BCUT2D eigenvalue weighted by Gasteiger charge is 2.19. The molecule has 0 radical (unpaired) electrons. The van der Waals surface area contributed by atoms with Gasteiger partial charge in [0.25, 0.3) is 0 Å². The Bertz CT molecular complexity index is 1220. The first-order valence-electron chi connectivity index (χ1n) is 9.29. The number of benzene rings is 1. The maximum Gasteiger partial charge on any atom is 0.238 e. The van der Waals surface area contributed by atoms with Crippen LogP contribution in [-0.4, -0.2) is 43.5 Å². The minimum absolute atomic E-state index is 0.0142. The number of rotatable bonds is 3. The van der Waals surface area contributed by atoms with Crippen molar-refractivity contribution in [3.8, 4) is 12.1 Å². The SMILES string of the molecule is C[N+](C)(C)C.N#CC(=C=[N-])/C=C1/CCC(/C=C(/C#N)c2nc3cc(Cl)ccc3o2)=C1Cl. The molecule has 6 nitrogen and oxygen atoms in total. The Kier molecular flexibility index (Phi) is 8.00. The summed E-state index contributed by atoms with van der Waals surface area (Å²) >= 11 is 12.3. The third kappa shape index (κ3) is 6.96. The Morgan fingerprint density at radius 1 is 1.16 bits per heavy atom. The molecule has 0 bridgehead atoms. The molecule has 1 aromatic heterocycles. The van der Waals surface area contributed by atoms with Gasteiger partial charge in [-0.25, -0.2) is 4.98 Å². The molecule has 0 spiro atoms. The highest BCUT2D eigenvalue weighted by molar-refractivity contribution is 6.33. The monoisotopic (exact) mass is 453 g/mol. The molecule has 158 valence electrons. The molecular weight excluding hydrogens is 433 g/mol. The predicted octanol–water partition coefficient (Wildman–Crippen LogP) is 5.61. The zero-order chi connectivity index (χ0) is 23.2. The third-order valence-electron chi connectivity index (χ3n) is 3.81. The largest absolute Gasteiger partial charge is 0.762 e. The molecule has 0 N–H and O–H groups in total. The van der Waals surface area contributed by atoms with E-state index in [1.165, 1.54) is 6.08 Å². The molecule has 0 saturated carbocycles. The Hall–Kier alpha value is -3.12. The van der Waals surface area contributed by atoms with Crippen LogP contribution in [0.15, 0.2) is 56.5 Å². The number of hydrogen-bond acceptors (Lipinski definition) is 4. The Morgan fingerprint density at radius 2 is 1.84 bits per heavy atom. The molecule has 31 heavy (non-hydrogen) atoms. The van der Waals surface area contributed by atoms with Gasteiger partial charge in [-0.2, -0.15) is 10.5 Å². The van der Waals surface area contributed by atoms with Crippen LogP contribution >= 0.6 is 23.2 Å². The average Bonchev–Trinajstić information content (AvgIpc) is 3.26. The molecule has 1 aliphatic rings. The maximum atomic E-state index is 9.48. The lowest BCUT2D eigenvalue weighted by molar-refractivity contribution is -0.849. The molecule has 0 atom stereocenters. The molecule has 0 amide bonds. The second kappa shape index (κ2) is 10.3. The minimum atomic E-state index is -0.0142. The first-order chi connectivity index (χ1) is 14.5. The van der Waals surface area contributed by atoms with E-state index in [1.807, 2.05) is 0 Å². The molecule has 0 fully saturated rings. The van der Waals surface area contributed by atoms with E-state index in [4.69, 9.17) is 38.3 Å². The van der Waals surface area contributed by atoms with Crippen LogP contribution in [0.4, 0.5) is 0 Å². The predicted molar refractivity (Wildman–Crippen MR) is 124 cm³/mol. The van der Waals surface area contributed by atoms with Crippen molar-refractivity contribution >= 4 is 45.7 Å². The van der Waals surface area contributed by atoms with E-state index < -0.39 is 0 Å². The zero-order valence-corrected chi connectivity index (χ0v) is 19.2. The molecule has 0 unspecified atom stereocenters. The van der Waals surface area contributed by atoms with Gasteiger partial charge in [-0.05, 0) is 54.3 Å². The number of aromatic nitrogens is 1. The summed E-state index contributed by atoms with van der Waals surface area (Å²) in [7, 11) is 8.50. The number of allylic oxidation sites excluding steroid dienone is 7. The fourth-order valence-corrected chi connectivity index (χ4v) is 3.03. The number of halogens is 2. The molecule has 1 heterocycles. The standard InChI is InChI=1S/C19H9Cl2N4O.C4H12N/c20-15-3-4-17-16(7-15)25-19(26-17)14(10-24)6-13-2-1-12(18(13)21)5-11(8-22)9-23;1-5(2,3)4/h3-7H,1-2H2;1-4H3/q-1;+1/b12-5-,14-6-;. The maximum absolute atomic E-state index is 9.48. The quantitative estimate of drug-likeness (QED) is 0.342. The first-order valence-corrected chi connectivity index (χ1v) is 10.0. The molecular formula is C23H21Cl2N5O. The second-order valence-corrected chi connectivity index (χ2v) is 8.94. The van der Waals surface area contributed by atoms with Crippen molar-refractivity contribution < 1.29 is 8.90 Å². The van der Waals surface area contributed by atoms with Crippen molar-refractivity contribution in [2.24, 2.45) is 0 Å². The average molecular weight is 454 g/mol. The highest BCUT2D eigenvalue weighted by Crippen LogP contribution is 2.37. The number of quaternary nitrogens is 1. The van der Waals surface area contributed by atoms with Crippen LogP contribution in [0, 0.1) is 22.7 Å². The van der Waals surface area contributed by atoms with Gasteiger partial charge in [-0.15, -0.1) is 0 Å². The fourth-order valence-electron chi connectivity index (χ4n) is 2.56. The molecule has 8 heteroatoms. The van der Waals surface area contributed by atoms with Crippen LogP contribution in [0.2, 0.25) is 5.02 Å². The van der Waals surface area contributed by atoms with Gasteiger partial charge in [0.15, 0.2) is 5.58 Å². The van der Waals surface area contributed by atoms with Crippen molar-refractivity contribution in [2.75, 3.05) is 28.2 Å². The van der Waals surface area contributed by atoms with Gasteiger partial charge in [0.1, 0.15) is 23.2 Å². The van der Waals surface area contributed by atoms with Crippen molar-refractivity contribution in [1.29, 1.82) is 10.5 Å². The number of hydrogen-bond donors (Lipinski definition) is 0. The molecule has 3 rings (SSSR count). The summed E-state index contributed by atoms with van der Waals surface area (Å²) < 4.78 is 6.62. The summed E-state index contributed by atoms with van der Waals surface area (Å²) in [6.45, 7) is 0. The zero-order valence-electron chi connectivity index (χ0n) is 17.7. The topological polar surface area (TPSA) is 95.9 Å². The summed E-state index contributed by atoms with van der Waals surface area (Å²) in [4.78, 5) is 4.29. The smallest absolute Gasteiger partial charge is 0.238 e. The van der Waals surface area contributed by atoms with Gasteiger partial charge in [-0.3, -0.25) is 5.87 Å². The van der Waals surface area contributed by atoms with Crippen molar-refractivity contribution in [3.05, 3.63) is 68.4 Å². The lowest BCUT2D eigenvalue weighted by Crippen LogP contribution is -2.27. The van der Waals surface area contributed by atoms with Gasteiger partial charge in [-0.1, -0.05) is 23.2 Å². The van der Waals surface area contributed by atoms with Crippen LogP contribution in [0.1, 0.15) is 18.7 Å².